The molecule has 0 saturated carbocycles. The van der Waals surface area contributed by atoms with E-state index in [4.69, 9.17) is 30.3 Å². The van der Waals surface area contributed by atoms with Crippen molar-refractivity contribution in [3.05, 3.63) is 95.2 Å². The topological polar surface area (TPSA) is 135 Å². The number of nitrogens with two attached hydrogens (primary N) is 1. The summed E-state index contributed by atoms with van der Waals surface area (Å²) in [5.41, 5.74) is 8.48. The molecule has 1 aromatic heterocycles. The quantitative estimate of drug-likeness (QED) is 0.0941. The molecule has 0 bridgehead atoms. The maximum Gasteiger partial charge on any atom is 0.338 e. The fourth-order valence-corrected chi connectivity index (χ4v) is 4.31. The predicted molar refractivity (Wildman–Crippen MR) is 156 cm³/mol. The highest BCUT2D eigenvalue weighted by Gasteiger charge is 2.26. The zero-order valence-electron chi connectivity index (χ0n) is 23.5. The largest absolute Gasteiger partial charge is 0.494 e. The normalized spacial score (nSPS) is 11.7. The third-order valence-electron chi connectivity index (χ3n) is 6.10. The number of hydrogen-bond acceptors (Lipinski definition) is 7. The van der Waals surface area contributed by atoms with Crippen LogP contribution in [0.1, 0.15) is 61.0 Å². The monoisotopic (exact) mass is 559 g/mol. The zero-order chi connectivity index (χ0) is 29.5. The van der Waals surface area contributed by atoms with Gasteiger partial charge in [-0.2, -0.15) is 0 Å². The molecule has 4 aromatic rings. The Hall–Kier alpha value is -4.86. The second-order valence-corrected chi connectivity index (χ2v) is 9.43. The first-order valence-corrected chi connectivity index (χ1v) is 13.4. The molecule has 3 aromatic carbocycles. The number of amidine groups is 1. The second-order valence-electron chi connectivity index (χ2n) is 9.43. The molecule has 0 aliphatic carbocycles. The number of nitrogen functional groups attached to an aromatic ring is 1. The molecule has 1 unspecified atom stereocenters. The maximum absolute atomic E-state index is 16.1. The molecule has 0 fully saturated rings. The smallest absolute Gasteiger partial charge is 0.338 e. The number of esters is 1. The number of ether oxygens (including phenoxy) is 3. The minimum atomic E-state index is -0.823. The Balaban J connectivity index is 1.84. The highest BCUT2D eigenvalue weighted by atomic mass is 19.1. The fraction of sp³-hybridized carbons (Fsp3) is 0.258. The van der Waals surface area contributed by atoms with Crippen molar-refractivity contribution in [2.75, 3.05) is 18.5 Å². The number of carbonyl (C=O) groups excluding carboxylic acids is 1. The molecule has 0 spiro atoms. The number of anilines is 1. The van der Waals surface area contributed by atoms with E-state index in [0.29, 0.717) is 46.3 Å². The summed E-state index contributed by atoms with van der Waals surface area (Å²) >= 11 is 0. The number of imidazole rings is 1. The zero-order valence-corrected chi connectivity index (χ0v) is 23.5. The van der Waals surface area contributed by atoms with Gasteiger partial charge in [0.1, 0.15) is 23.5 Å². The predicted octanol–water partition coefficient (Wildman–Crippen LogP) is 6.06. The van der Waals surface area contributed by atoms with Crippen molar-refractivity contribution in [3.8, 4) is 22.8 Å². The Labute approximate surface area is 238 Å². The molecule has 4 rings (SSSR count). The van der Waals surface area contributed by atoms with Gasteiger partial charge in [-0.1, -0.05) is 18.2 Å². The first kappa shape index (κ1) is 29.1. The van der Waals surface area contributed by atoms with Gasteiger partial charge in [-0.25, -0.2) is 14.2 Å². The Bertz CT molecular complexity index is 1520. The number of aromatic nitrogens is 2. The summed E-state index contributed by atoms with van der Waals surface area (Å²) in [6.07, 6.45) is 1.39. The summed E-state index contributed by atoms with van der Waals surface area (Å²) in [7, 11) is 0. The molecule has 1 atom stereocenters. The average Bonchev–Trinajstić information content (AvgIpc) is 3.44. The van der Waals surface area contributed by atoms with E-state index >= 15 is 4.39 Å². The second kappa shape index (κ2) is 13.0. The molecule has 0 radical (unpaired) electrons. The minimum Gasteiger partial charge on any atom is -0.494 e. The molecule has 10 heteroatoms. The number of H-pyrrole nitrogens is 1. The number of halogens is 1. The summed E-state index contributed by atoms with van der Waals surface area (Å²) in [6.45, 7) is 7.85. The van der Waals surface area contributed by atoms with Gasteiger partial charge in [-0.05, 0) is 64.1 Å². The average molecular weight is 560 g/mol. The molecule has 1 heterocycles. The van der Waals surface area contributed by atoms with Crippen LogP contribution < -0.4 is 20.5 Å². The van der Waals surface area contributed by atoms with Crippen LogP contribution in [-0.2, 0) is 4.74 Å². The van der Waals surface area contributed by atoms with Crippen molar-refractivity contribution in [3.63, 3.8) is 0 Å². The van der Waals surface area contributed by atoms with E-state index in [1.54, 1.807) is 67.7 Å². The van der Waals surface area contributed by atoms with Crippen LogP contribution in [0.15, 0.2) is 66.9 Å². The fourth-order valence-electron chi connectivity index (χ4n) is 4.31. The van der Waals surface area contributed by atoms with Crippen LogP contribution in [0.3, 0.4) is 0 Å². The van der Waals surface area contributed by atoms with Gasteiger partial charge in [0.05, 0.1) is 30.6 Å². The van der Waals surface area contributed by atoms with E-state index in [2.05, 4.69) is 10.3 Å². The summed E-state index contributed by atoms with van der Waals surface area (Å²) in [6, 6.07) is 16.2. The van der Waals surface area contributed by atoms with Crippen LogP contribution in [0.5, 0.6) is 11.5 Å². The summed E-state index contributed by atoms with van der Waals surface area (Å²) in [5, 5.41) is 11.0. The molecule has 41 heavy (non-hydrogen) atoms. The Morgan fingerprint density at radius 3 is 2.49 bits per heavy atom. The Kier molecular flexibility index (Phi) is 9.23. The van der Waals surface area contributed by atoms with Gasteiger partial charge >= 0.3 is 5.97 Å². The van der Waals surface area contributed by atoms with Gasteiger partial charge in [0.15, 0.2) is 11.6 Å². The SMILES string of the molecule is CCOC(=O)c1ccccc1-c1c[nH]c(C(Nc2ccc(C(=N)N)cc2)c2cc(OCC)cc(OC(C)C)c2F)n1. The third-order valence-corrected chi connectivity index (χ3v) is 6.10. The lowest BCUT2D eigenvalue weighted by atomic mass is 10.0. The molecule has 9 nitrogen and oxygen atoms in total. The van der Waals surface area contributed by atoms with Crippen molar-refractivity contribution in [1.82, 2.24) is 9.97 Å². The lowest BCUT2D eigenvalue weighted by Gasteiger charge is -2.22. The maximum atomic E-state index is 16.1. The number of rotatable bonds is 12. The summed E-state index contributed by atoms with van der Waals surface area (Å²) in [5.74, 6) is -0.201. The first-order valence-electron chi connectivity index (χ1n) is 13.4. The number of aromatic amines is 1. The van der Waals surface area contributed by atoms with Crippen molar-refractivity contribution in [1.29, 1.82) is 5.41 Å². The van der Waals surface area contributed by atoms with E-state index in [1.165, 1.54) is 6.07 Å². The van der Waals surface area contributed by atoms with Crippen LogP contribution in [0, 0.1) is 11.2 Å². The molecule has 5 N–H and O–H groups in total. The van der Waals surface area contributed by atoms with E-state index in [-0.39, 0.29) is 29.9 Å². The van der Waals surface area contributed by atoms with Crippen molar-refractivity contribution >= 4 is 17.5 Å². The number of hydrogen-bond donors (Lipinski definition) is 4. The van der Waals surface area contributed by atoms with Crippen LogP contribution in [-0.4, -0.2) is 41.1 Å². The van der Waals surface area contributed by atoms with Crippen LogP contribution >= 0.6 is 0 Å². The number of carbonyl (C=O) groups is 1. The van der Waals surface area contributed by atoms with E-state index in [0.717, 1.165) is 0 Å². The standard InChI is InChI=1S/C31H34FN5O4/c1-5-39-21-15-24(27(32)26(16-21)41-18(3)4)28(36-20-13-11-19(12-14-20)29(33)34)30-35-17-25(37-30)22-9-7-8-10-23(22)31(38)40-6-2/h7-18,28,36H,5-6H2,1-4H3,(H3,33,34)(H,35,37). The minimum absolute atomic E-state index is 0.0547. The lowest BCUT2D eigenvalue weighted by Crippen LogP contribution is -2.18. The van der Waals surface area contributed by atoms with E-state index in [1.807, 2.05) is 20.8 Å². The number of nitrogens with one attached hydrogen (secondary N) is 3. The third kappa shape index (κ3) is 6.84. The molecular formula is C31H34FN5O4. The van der Waals surface area contributed by atoms with E-state index < -0.39 is 17.8 Å². The van der Waals surface area contributed by atoms with Gasteiger partial charge in [-0.15, -0.1) is 0 Å². The van der Waals surface area contributed by atoms with Gasteiger partial charge in [0, 0.05) is 34.6 Å². The van der Waals surface area contributed by atoms with Crippen molar-refractivity contribution in [2.45, 2.75) is 39.8 Å². The molecule has 0 aliphatic rings. The molecule has 0 saturated heterocycles. The van der Waals surface area contributed by atoms with Gasteiger partial charge in [-0.3, -0.25) is 5.41 Å². The van der Waals surface area contributed by atoms with Crippen LogP contribution in [0.4, 0.5) is 10.1 Å². The van der Waals surface area contributed by atoms with Crippen LogP contribution in [0.2, 0.25) is 0 Å². The van der Waals surface area contributed by atoms with Crippen molar-refractivity contribution < 1.29 is 23.4 Å². The van der Waals surface area contributed by atoms with Gasteiger partial charge in [0.2, 0.25) is 0 Å². The van der Waals surface area contributed by atoms with Crippen LogP contribution in [0.25, 0.3) is 11.3 Å². The number of nitrogens with zero attached hydrogens (tertiary/aromatic N) is 1. The lowest BCUT2D eigenvalue weighted by molar-refractivity contribution is 0.0527. The van der Waals surface area contributed by atoms with E-state index in [9.17, 15) is 4.79 Å². The summed E-state index contributed by atoms with van der Waals surface area (Å²) < 4.78 is 32.8. The van der Waals surface area contributed by atoms with Crippen molar-refractivity contribution in [2.24, 2.45) is 5.73 Å². The molecule has 0 aliphatic heterocycles. The Morgan fingerprint density at radius 2 is 1.83 bits per heavy atom. The highest BCUT2D eigenvalue weighted by Crippen LogP contribution is 2.36. The molecular weight excluding hydrogens is 525 g/mol. The summed E-state index contributed by atoms with van der Waals surface area (Å²) in [4.78, 5) is 20.6. The van der Waals surface area contributed by atoms with Gasteiger partial charge in [0.25, 0.3) is 0 Å². The Morgan fingerprint density at radius 1 is 1.10 bits per heavy atom. The highest BCUT2D eigenvalue weighted by molar-refractivity contribution is 5.97. The first-order chi connectivity index (χ1) is 19.7. The molecule has 214 valence electrons. The number of benzene rings is 3. The molecule has 0 amide bonds. The van der Waals surface area contributed by atoms with Gasteiger partial charge < -0.3 is 30.2 Å².